The normalized spacial score (nSPS) is 11.9. The number of hydrogen-bond acceptors (Lipinski definition) is 4. The first kappa shape index (κ1) is 32.6. The van der Waals surface area contributed by atoms with E-state index in [0.717, 1.165) is 9.87 Å². The Hall–Kier alpha value is -3.27. The molecule has 0 saturated heterocycles. The predicted octanol–water partition coefficient (Wildman–Crippen LogP) is 6.88. The third kappa shape index (κ3) is 8.22. The van der Waals surface area contributed by atoms with E-state index < -0.39 is 34.4 Å². The summed E-state index contributed by atoms with van der Waals surface area (Å²) >= 11 is 24.8. The number of rotatable bonds is 11. The summed E-state index contributed by atoms with van der Waals surface area (Å²) in [6, 6.07) is 24.8. The Labute approximate surface area is 271 Å². The highest BCUT2D eigenvalue weighted by molar-refractivity contribution is 7.92. The van der Waals surface area contributed by atoms with Crippen molar-refractivity contribution in [2.45, 2.75) is 23.9 Å². The van der Waals surface area contributed by atoms with Crippen molar-refractivity contribution in [1.82, 2.24) is 10.2 Å². The molecule has 43 heavy (non-hydrogen) atoms. The van der Waals surface area contributed by atoms with Crippen LogP contribution < -0.4 is 9.62 Å². The van der Waals surface area contributed by atoms with E-state index in [1.54, 1.807) is 24.3 Å². The topological polar surface area (TPSA) is 86.8 Å². The molecule has 2 amide bonds. The van der Waals surface area contributed by atoms with Gasteiger partial charge in [0.1, 0.15) is 12.6 Å². The fourth-order valence-corrected chi connectivity index (χ4v) is 6.63. The molecule has 0 heterocycles. The molecule has 0 aliphatic rings. The van der Waals surface area contributed by atoms with E-state index in [2.05, 4.69) is 5.32 Å². The molecule has 4 rings (SSSR count). The van der Waals surface area contributed by atoms with Crippen LogP contribution in [-0.2, 0) is 32.6 Å². The molecule has 0 saturated carbocycles. The number of sulfonamides is 1. The highest BCUT2D eigenvalue weighted by Gasteiger charge is 2.34. The van der Waals surface area contributed by atoms with E-state index in [0.29, 0.717) is 20.6 Å². The van der Waals surface area contributed by atoms with Crippen molar-refractivity contribution in [3.05, 3.63) is 128 Å². The molecule has 0 fully saturated rings. The maximum absolute atomic E-state index is 14.3. The second kappa shape index (κ2) is 14.5. The van der Waals surface area contributed by atoms with Crippen LogP contribution in [0.1, 0.15) is 11.1 Å². The fraction of sp³-hybridized carbons (Fsp3) is 0.161. The van der Waals surface area contributed by atoms with Gasteiger partial charge in [-0.05, 0) is 65.7 Å². The smallest absolute Gasteiger partial charge is 0.264 e. The number of hydrogen-bond donors (Lipinski definition) is 1. The van der Waals surface area contributed by atoms with Crippen molar-refractivity contribution in [2.75, 3.05) is 17.9 Å². The number of carbonyl (C=O) groups excluding carboxylic acids is 2. The van der Waals surface area contributed by atoms with Gasteiger partial charge >= 0.3 is 0 Å². The van der Waals surface area contributed by atoms with Gasteiger partial charge in [0, 0.05) is 40.1 Å². The van der Waals surface area contributed by atoms with Gasteiger partial charge in [0.2, 0.25) is 11.8 Å². The van der Waals surface area contributed by atoms with Crippen molar-refractivity contribution in [2.24, 2.45) is 0 Å². The van der Waals surface area contributed by atoms with E-state index in [4.69, 9.17) is 46.4 Å². The number of nitrogens with one attached hydrogen (secondary N) is 1. The molecule has 0 aromatic heterocycles. The van der Waals surface area contributed by atoms with Gasteiger partial charge in [-0.1, -0.05) is 88.9 Å². The summed E-state index contributed by atoms with van der Waals surface area (Å²) in [4.78, 5) is 28.9. The SMILES string of the molecule is CNC(=O)[C@@H](Cc1ccccc1)N(Cc1ccc(Cl)cc1Cl)C(=O)CN(c1cccc(Cl)c1)S(=O)(=O)c1ccc(Cl)cc1. The van der Waals surface area contributed by atoms with Crippen LogP contribution in [0.2, 0.25) is 20.1 Å². The summed E-state index contributed by atoms with van der Waals surface area (Å²) < 4.78 is 28.9. The third-order valence-corrected chi connectivity index (χ3v) is 9.51. The summed E-state index contributed by atoms with van der Waals surface area (Å²) in [5.74, 6) is -1.08. The number of carbonyl (C=O) groups is 2. The molecule has 7 nitrogen and oxygen atoms in total. The average Bonchev–Trinajstić information content (AvgIpc) is 2.98. The first-order valence-electron chi connectivity index (χ1n) is 13.0. The summed E-state index contributed by atoms with van der Waals surface area (Å²) in [7, 11) is -2.82. The molecular weight excluding hydrogens is 652 g/mol. The summed E-state index contributed by atoms with van der Waals surface area (Å²) in [5, 5.41) is 3.96. The zero-order valence-electron chi connectivity index (χ0n) is 22.9. The molecule has 0 aliphatic heterocycles. The zero-order chi connectivity index (χ0) is 31.1. The fourth-order valence-electron chi connectivity index (χ4n) is 4.45. The Balaban J connectivity index is 1.81. The Morgan fingerprint density at radius 2 is 1.44 bits per heavy atom. The van der Waals surface area contributed by atoms with Crippen molar-refractivity contribution in [3.8, 4) is 0 Å². The van der Waals surface area contributed by atoms with Crippen LogP contribution in [0.5, 0.6) is 0 Å². The van der Waals surface area contributed by atoms with Gasteiger partial charge < -0.3 is 10.2 Å². The lowest BCUT2D eigenvalue weighted by molar-refractivity contribution is -0.139. The van der Waals surface area contributed by atoms with Gasteiger partial charge in [-0.3, -0.25) is 13.9 Å². The molecule has 1 N–H and O–H groups in total. The molecule has 0 unspecified atom stereocenters. The van der Waals surface area contributed by atoms with Gasteiger partial charge in [0.25, 0.3) is 10.0 Å². The van der Waals surface area contributed by atoms with Crippen LogP contribution in [0.15, 0.2) is 102 Å². The number of likely N-dealkylation sites (N-methyl/N-ethyl adjacent to an activating group) is 1. The second-order valence-corrected chi connectivity index (χ2v) is 13.1. The Morgan fingerprint density at radius 1 is 0.791 bits per heavy atom. The van der Waals surface area contributed by atoms with E-state index >= 15 is 0 Å². The summed E-state index contributed by atoms with van der Waals surface area (Å²) in [6.45, 7) is -0.733. The first-order valence-corrected chi connectivity index (χ1v) is 16.0. The molecule has 1 atom stereocenters. The van der Waals surface area contributed by atoms with Crippen LogP contribution in [0.25, 0.3) is 0 Å². The maximum atomic E-state index is 14.3. The van der Waals surface area contributed by atoms with E-state index in [1.165, 1.54) is 54.4 Å². The quantitative estimate of drug-likeness (QED) is 0.187. The van der Waals surface area contributed by atoms with Crippen LogP contribution in [0, 0.1) is 0 Å². The second-order valence-electron chi connectivity index (χ2n) is 9.52. The highest BCUT2D eigenvalue weighted by Crippen LogP contribution is 2.29. The van der Waals surface area contributed by atoms with Gasteiger partial charge in [-0.15, -0.1) is 0 Å². The standard InChI is InChI=1S/C31H27Cl4N3O4S/c1-36-31(40)29(16-21-6-3-2-4-7-21)37(19-22-10-11-25(34)18-28(22)35)30(39)20-38(26-9-5-8-24(33)17-26)43(41,42)27-14-12-23(32)13-15-27/h2-15,17-18,29H,16,19-20H2,1H3,(H,36,40)/t29-/m1/s1. The van der Waals surface area contributed by atoms with Crippen molar-refractivity contribution in [1.29, 1.82) is 0 Å². The first-order chi connectivity index (χ1) is 20.5. The number of benzene rings is 4. The minimum atomic E-state index is -4.29. The van der Waals surface area contributed by atoms with Crippen LogP contribution >= 0.6 is 46.4 Å². The minimum absolute atomic E-state index is 0.0795. The monoisotopic (exact) mass is 677 g/mol. The summed E-state index contributed by atoms with van der Waals surface area (Å²) in [5.41, 5.74) is 1.49. The molecule has 0 spiro atoms. The number of halogens is 4. The van der Waals surface area contributed by atoms with E-state index in [1.807, 2.05) is 30.3 Å². The lowest BCUT2D eigenvalue weighted by Gasteiger charge is -2.33. The average molecular weight is 679 g/mol. The molecule has 0 radical (unpaired) electrons. The van der Waals surface area contributed by atoms with Crippen molar-refractivity contribution >= 4 is 73.9 Å². The molecule has 12 heteroatoms. The molecule has 4 aromatic carbocycles. The van der Waals surface area contributed by atoms with Gasteiger partial charge in [0.15, 0.2) is 0 Å². The van der Waals surface area contributed by atoms with Gasteiger partial charge in [-0.2, -0.15) is 0 Å². The number of anilines is 1. The molecule has 224 valence electrons. The van der Waals surface area contributed by atoms with Crippen molar-refractivity contribution < 1.29 is 18.0 Å². The van der Waals surface area contributed by atoms with Crippen LogP contribution in [0.3, 0.4) is 0 Å². The predicted molar refractivity (Wildman–Crippen MR) is 172 cm³/mol. The summed E-state index contributed by atoms with van der Waals surface area (Å²) in [6.07, 6.45) is 0.165. The van der Waals surface area contributed by atoms with Crippen LogP contribution in [0.4, 0.5) is 5.69 Å². The maximum Gasteiger partial charge on any atom is 0.264 e. The van der Waals surface area contributed by atoms with Gasteiger partial charge in [-0.25, -0.2) is 8.42 Å². The number of amides is 2. The lowest BCUT2D eigenvalue weighted by atomic mass is 10.0. The molecule has 0 bridgehead atoms. The van der Waals surface area contributed by atoms with E-state index in [-0.39, 0.29) is 28.6 Å². The van der Waals surface area contributed by atoms with E-state index in [9.17, 15) is 18.0 Å². The molecular formula is C31H27Cl4N3O4S. The molecule has 0 aliphatic carbocycles. The lowest BCUT2D eigenvalue weighted by Crippen LogP contribution is -2.53. The highest BCUT2D eigenvalue weighted by atomic mass is 35.5. The Kier molecular flexibility index (Phi) is 11.0. The Morgan fingerprint density at radius 3 is 2.07 bits per heavy atom. The molecule has 4 aromatic rings. The minimum Gasteiger partial charge on any atom is -0.357 e. The number of nitrogens with zero attached hydrogens (tertiary/aromatic N) is 2. The zero-order valence-corrected chi connectivity index (χ0v) is 26.7. The Bertz CT molecular complexity index is 1700. The van der Waals surface area contributed by atoms with Crippen LogP contribution in [-0.4, -0.2) is 44.8 Å². The van der Waals surface area contributed by atoms with Crippen molar-refractivity contribution in [3.63, 3.8) is 0 Å². The third-order valence-electron chi connectivity index (χ3n) is 6.65. The van der Waals surface area contributed by atoms with Gasteiger partial charge in [0.05, 0.1) is 10.6 Å². The largest absolute Gasteiger partial charge is 0.357 e.